The molecule has 0 spiro atoms. The van der Waals surface area contributed by atoms with Crippen LogP contribution in [0.3, 0.4) is 0 Å². The maximum Gasteiger partial charge on any atom is 0.407 e. The number of piperidine rings is 1. The Morgan fingerprint density at radius 1 is 0.831 bits per heavy atom. The third-order valence-electron chi connectivity index (χ3n) is 9.81. The second-order valence-corrected chi connectivity index (χ2v) is 15.7. The third-order valence-corrected chi connectivity index (χ3v) is 9.81. The van der Waals surface area contributed by atoms with Crippen molar-refractivity contribution in [1.82, 2.24) is 19.8 Å². The Balaban J connectivity index is 0.981. The molecule has 4 N–H and O–H groups in total. The number of benzene rings is 2. The summed E-state index contributed by atoms with van der Waals surface area (Å²) in [5, 5.41) is 5.15. The van der Waals surface area contributed by atoms with Gasteiger partial charge < -0.3 is 39.5 Å². The number of alkyl carbamates (subject to hydrolysis) is 1. The first-order chi connectivity index (χ1) is 28.2. The van der Waals surface area contributed by atoms with E-state index in [2.05, 4.69) is 22.8 Å². The van der Waals surface area contributed by atoms with E-state index >= 15 is 0 Å². The highest BCUT2D eigenvalue weighted by atomic mass is 16.6. The molecule has 2 heterocycles. The Kier molecular flexibility index (Phi) is 19.0. The first-order valence-electron chi connectivity index (χ1n) is 20.5. The second-order valence-electron chi connectivity index (χ2n) is 15.7. The summed E-state index contributed by atoms with van der Waals surface area (Å²) in [7, 11) is 1.69. The van der Waals surface area contributed by atoms with E-state index in [1.165, 1.54) is 10.1 Å². The van der Waals surface area contributed by atoms with Crippen molar-refractivity contribution in [3.05, 3.63) is 69.6 Å². The van der Waals surface area contributed by atoms with Gasteiger partial charge >= 0.3 is 11.8 Å². The molecule has 1 aromatic heterocycles. The SMILES string of the molecule is C[C@@H](OCc1ccc(CCCOCCOCCOCCOCCCc2ccc3c(c2)n(C)c(=O)n3C2CCC(=O)NC2=O)cc1)[C@H](CCC(N)=O)NC(=O)OC(C)(C)C. The van der Waals surface area contributed by atoms with Crippen molar-refractivity contribution in [2.45, 2.75) is 109 Å². The van der Waals surface area contributed by atoms with E-state index in [0.717, 1.165) is 42.3 Å². The molecule has 4 rings (SSSR count). The Morgan fingerprint density at radius 2 is 1.39 bits per heavy atom. The van der Waals surface area contributed by atoms with E-state index in [0.29, 0.717) is 77.8 Å². The standard InChI is InChI=1S/C43H63N5O11/c1-30(34(15-18-38(44)49)45-41(52)59-43(2,3)4)58-29-33-12-10-31(11-13-33)8-6-20-54-22-24-56-26-27-57-25-23-55-21-7-9-32-14-16-35-37(28-32)47(5)42(53)48(35)36-17-19-39(50)46-40(36)51/h10-14,16,28,30,34,36H,6-9,15,17-27,29H2,1-5H3,(H2,44,49)(H,45,52)(H,46,50,51)/t30-,34+,36?/m1/s1. The molecule has 2 aromatic carbocycles. The van der Waals surface area contributed by atoms with Crippen LogP contribution in [0.25, 0.3) is 11.0 Å². The summed E-state index contributed by atoms with van der Waals surface area (Å²) in [6.45, 7) is 11.7. The number of nitrogens with zero attached hydrogens (tertiary/aromatic N) is 2. The molecular weight excluding hydrogens is 762 g/mol. The smallest absolute Gasteiger partial charge is 0.407 e. The zero-order chi connectivity index (χ0) is 42.8. The van der Waals surface area contributed by atoms with E-state index in [1.807, 2.05) is 37.3 Å². The normalized spacial score (nSPS) is 15.6. The number of imide groups is 1. The van der Waals surface area contributed by atoms with Crippen LogP contribution >= 0.6 is 0 Å². The molecule has 4 amide bonds. The van der Waals surface area contributed by atoms with Gasteiger partial charge in [-0.25, -0.2) is 9.59 Å². The molecule has 1 aliphatic rings. The summed E-state index contributed by atoms with van der Waals surface area (Å²) < 4.78 is 37.1. The number of rotatable bonds is 26. The van der Waals surface area contributed by atoms with E-state index in [1.54, 1.807) is 32.4 Å². The van der Waals surface area contributed by atoms with Crippen LogP contribution in [0.2, 0.25) is 0 Å². The van der Waals surface area contributed by atoms with Crippen LogP contribution in [-0.2, 0) is 69.3 Å². The predicted molar refractivity (Wildman–Crippen MR) is 221 cm³/mol. The van der Waals surface area contributed by atoms with Gasteiger partial charge in [0.15, 0.2) is 0 Å². The fourth-order valence-corrected chi connectivity index (χ4v) is 6.64. The lowest BCUT2D eigenvalue weighted by molar-refractivity contribution is -0.135. The van der Waals surface area contributed by atoms with Crippen molar-refractivity contribution < 1.29 is 47.6 Å². The number of nitrogens with one attached hydrogen (secondary N) is 2. The summed E-state index contributed by atoms with van der Waals surface area (Å²) >= 11 is 0. The zero-order valence-corrected chi connectivity index (χ0v) is 35.3. The number of hydrogen-bond acceptors (Lipinski definition) is 11. The van der Waals surface area contributed by atoms with Gasteiger partial charge in [-0.3, -0.25) is 28.8 Å². The maximum absolute atomic E-state index is 13.0. The van der Waals surface area contributed by atoms with Crippen LogP contribution in [0.5, 0.6) is 0 Å². The van der Waals surface area contributed by atoms with Gasteiger partial charge in [-0.05, 0) is 95.0 Å². The Labute approximate surface area is 346 Å². The van der Waals surface area contributed by atoms with Gasteiger partial charge in [-0.1, -0.05) is 30.3 Å². The average Bonchev–Trinajstić information content (AvgIpc) is 3.42. The molecule has 0 aliphatic carbocycles. The summed E-state index contributed by atoms with van der Waals surface area (Å²) in [4.78, 5) is 60.7. The van der Waals surface area contributed by atoms with Gasteiger partial charge in [0.05, 0.1) is 69.4 Å². The Bertz CT molecular complexity index is 1870. The minimum absolute atomic E-state index is 0.124. The van der Waals surface area contributed by atoms with Gasteiger partial charge in [-0.15, -0.1) is 0 Å². The monoisotopic (exact) mass is 825 g/mol. The second kappa shape index (κ2) is 23.8. The minimum Gasteiger partial charge on any atom is -0.444 e. The minimum atomic E-state index is -0.696. The molecule has 16 heteroatoms. The van der Waals surface area contributed by atoms with Gasteiger partial charge in [0, 0.05) is 33.1 Å². The van der Waals surface area contributed by atoms with Crippen LogP contribution in [0.1, 0.15) is 89.0 Å². The first-order valence-corrected chi connectivity index (χ1v) is 20.5. The van der Waals surface area contributed by atoms with Crippen molar-refractivity contribution in [2.24, 2.45) is 12.8 Å². The molecule has 0 saturated carbocycles. The van der Waals surface area contributed by atoms with Gasteiger partial charge in [0.25, 0.3) is 0 Å². The number of aryl methyl sites for hydroxylation is 3. The third kappa shape index (κ3) is 16.2. The highest BCUT2D eigenvalue weighted by Crippen LogP contribution is 2.24. The number of amides is 4. The van der Waals surface area contributed by atoms with Gasteiger partial charge in [0.1, 0.15) is 11.6 Å². The Morgan fingerprint density at radius 3 is 1.97 bits per heavy atom. The fraction of sp³-hybridized carbons (Fsp3) is 0.605. The van der Waals surface area contributed by atoms with Crippen LogP contribution in [0.4, 0.5) is 4.79 Å². The molecular formula is C43H63N5O11. The molecule has 0 radical (unpaired) electrons. The van der Waals surface area contributed by atoms with Crippen LogP contribution < -0.4 is 22.1 Å². The van der Waals surface area contributed by atoms with Crippen LogP contribution in [0.15, 0.2) is 47.3 Å². The molecule has 1 unspecified atom stereocenters. The number of hydrogen-bond donors (Lipinski definition) is 3. The molecule has 59 heavy (non-hydrogen) atoms. The van der Waals surface area contributed by atoms with E-state index in [-0.39, 0.29) is 30.5 Å². The average molecular weight is 826 g/mol. The predicted octanol–water partition coefficient (Wildman–Crippen LogP) is 4.01. The number of fused-ring (bicyclic) bond motifs is 1. The number of aromatic nitrogens is 2. The molecule has 3 atom stereocenters. The molecule has 3 aromatic rings. The molecule has 1 aliphatic heterocycles. The lowest BCUT2D eigenvalue weighted by Crippen LogP contribution is -2.45. The summed E-state index contributed by atoms with van der Waals surface area (Å²) in [6.07, 6.45) is 3.39. The molecule has 1 saturated heterocycles. The topological polar surface area (TPSA) is 201 Å². The number of carbonyl (C=O) groups is 4. The molecule has 16 nitrogen and oxygen atoms in total. The maximum atomic E-state index is 13.0. The van der Waals surface area contributed by atoms with Crippen LogP contribution in [0, 0.1) is 0 Å². The van der Waals surface area contributed by atoms with Gasteiger partial charge in [-0.2, -0.15) is 0 Å². The van der Waals surface area contributed by atoms with Crippen molar-refractivity contribution in [3.8, 4) is 0 Å². The number of carbonyl (C=O) groups excluding carboxylic acids is 4. The number of nitrogens with two attached hydrogens (primary N) is 1. The van der Waals surface area contributed by atoms with E-state index < -0.39 is 35.6 Å². The Hall–Kier alpha value is -4.61. The fourth-order valence-electron chi connectivity index (χ4n) is 6.64. The van der Waals surface area contributed by atoms with Crippen molar-refractivity contribution in [3.63, 3.8) is 0 Å². The zero-order valence-electron chi connectivity index (χ0n) is 35.3. The molecule has 0 bridgehead atoms. The largest absolute Gasteiger partial charge is 0.444 e. The summed E-state index contributed by atoms with van der Waals surface area (Å²) in [5.74, 6) is -1.20. The summed E-state index contributed by atoms with van der Waals surface area (Å²) in [6, 6.07) is 12.9. The first kappa shape index (κ1) is 47.1. The highest BCUT2D eigenvalue weighted by molar-refractivity contribution is 6.00. The van der Waals surface area contributed by atoms with E-state index in [9.17, 15) is 24.0 Å². The van der Waals surface area contributed by atoms with Crippen LogP contribution in [-0.4, -0.2) is 104 Å². The van der Waals surface area contributed by atoms with E-state index in [4.69, 9.17) is 34.2 Å². The van der Waals surface area contributed by atoms with Crippen molar-refractivity contribution in [1.29, 1.82) is 0 Å². The molecule has 1 fully saturated rings. The quantitative estimate of drug-likeness (QED) is 0.0781. The number of primary amides is 1. The number of ether oxygens (including phenoxy) is 6. The molecule has 326 valence electrons. The lowest BCUT2D eigenvalue weighted by atomic mass is 10.1. The summed E-state index contributed by atoms with van der Waals surface area (Å²) in [5.41, 5.74) is 9.10. The lowest BCUT2D eigenvalue weighted by Gasteiger charge is -2.27. The van der Waals surface area contributed by atoms with Gasteiger partial charge in [0.2, 0.25) is 17.7 Å². The van der Waals surface area contributed by atoms with Crippen molar-refractivity contribution >= 4 is 34.8 Å². The number of imidazole rings is 1. The highest BCUT2D eigenvalue weighted by Gasteiger charge is 2.31. The van der Waals surface area contributed by atoms with Crippen molar-refractivity contribution in [2.75, 3.05) is 52.9 Å².